The van der Waals surface area contributed by atoms with E-state index in [4.69, 9.17) is 0 Å². The standard InChI is InChI=1S/C24H26N2O/c1-24(2,3)21-9-11-22(12-10-21)25-23(27)18-26-15-13-20(14-16-26)17-19-7-5-4-6-8-19/h4-16H,17-18H2,1-3H3/p+1. The molecule has 0 aliphatic carbocycles. The molecule has 1 N–H and O–H groups in total. The molecule has 0 fully saturated rings. The van der Waals surface area contributed by atoms with Crippen molar-refractivity contribution in [2.45, 2.75) is 39.2 Å². The van der Waals surface area contributed by atoms with Gasteiger partial charge in [-0.1, -0.05) is 63.2 Å². The fourth-order valence-corrected chi connectivity index (χ4v) is 2.96. The Balaban J connectivity index is 1.56. The summed E-state index contributed by atoms with van der Waals surface area (Å²) in [6.45, 7) is 6.84. The van der Waals surface area contributed by atoms with Crippen LogP contribution in [0, 0.1) is 0 Å². The van der Waals surface area contributed by atoms with Gasteiger partial charge in [0.25, 0.3) is 5.91 Å². The summed E-state index contributed by atoms with van der Waals surface area (Å²) in [5.41, 5.74) is 4.71. The number of nitrogens with zero attached hydrogens (tertiary/aromatic N) is 1. The quantitative estimate of drug-likeness (QED) is 0.669. The molecule has 0 saturated carbocycles. The number of nitrogens with one attached hydrogen (secondary N) is 1. The molecule has 2 aromatic carbocycles. The number of aromatic nitrogens is 1. The third kappa shape index (κ3) is 5.52. The number of hydrogen-bond donors (Lipinski definition) is 1. The maximum absolute atomic E-state index is 12.3. The summed E-state index contributed by atoms with van der Waals surface area (Å²) in [7, 11) is 0. The molecule has 3 heteroatoms. The molecule has 27 heavy (non-hydrogen) atoms. The van der Waals surface area contributed by atoms with E-state index in [2.05, 4.69) is 74.6 Å². The van der Waals surface area contributed by atoms with E-state index in [-0.39, 0.29) is 11.3 Å². The summed E-state index contributed by atoms with van der Waals surface area (Å²) in [5.74, 6) is -0.0284. The number of benzene rings is 2. The highest BCUT2D eigenvalue weighted by Gasteiger charge is 2.14. The monoisotopic (exact) mass is 359 g/mol. The van der Waals surface area contributed by atoms with Gasteiger partial charge in [-0.15, -0.1) is 0 Å². The molecule has 3 aromatic rings. The number of anilines is 1. The third-order valence-electron chi connectivity index (χ3n) is 4.57. The molecule has 0 aliphatic heterocycles. The highest BCUT2D eigenvalue weighted by molar-refractivity contribution is 5.89. The van der Waals surface area contributed by atoms with Crippen LogP contribution in [0.1, 0.15) is 37.5 Å². The Bertz CT molecular complexity index is 876. The van der Waals surface area contributed by atoms with Crippen LogP contribution < -0.4 is 9.88 Å². The molecule has 138 valence electrons. The molecule has 0 atom stereocenters. The van der Waals surface area contributed by atoms with Crippen molar-refractivity contribution in [1.29, 1.82) is 0 Å². The second-order valence-electron chi connectivity index (χ2n) is 7.92. The van der Waals surface area contributed by atoms with E-state index in [1.807, 2.05) is 35.2 Å². The highest BCUT2D eigenvalue weighted by atomic mass is 16.1. The van der Waals surface area contributed by atoms with Gasteiger partial charge in [-0.25, -0.2) is 0 Å². The van der Waals surface area contributed by atoms with Crippen LogP contribution in [0.5, 0.6) is 0 Å². The Morgan fingerprint density at radius 2 is 1.44 bits per heavy atom. The molecular formula is C24H27N2O+. The van der Waals surface area contributed by atoms with Crippen molar-refractivity contribution in [2.24, 2.45) is 0 Å². The fourth-order valence-electron chi connectivity index (χ4n) is 2.96. The van der Waals surface area contributed by atoms with Gasteiger partial charge in [-0.2, -0.15) is 4.57 Å². The van der Waals surface area contributed by atoms with Gasteiger partial charge in [0.2, 0.25) is 6.54 Å². The summed E-state index contributed by atoms with van der Waals surface area (Å²) >= 11 is 0. The topological polar surface area (TPSA) is 33.0 Å². The normalized spacial score (nSPS) is 11.2. The van der Waals surface area contributed by atoms with E-state index >= 15 is 0 Å². The van der Waals surface area contributed by atoms with Crippen LogP contribution in [0.25, 0.3) is 0 Å². The maximum atomic E-state index is 12.3. The van der Waals surface area contributed by atoms with E-state index in [1.54, 1.807) is 0 Å². The van der Waals surface area contributed by atoms with Crippen LogP contribution in [-0.2, 0) is 23.2 Å². The van der Waals surface area contributed by atoms with E-state index in [0.717, 1.165) is 12.1 Å². The first-order valence-corrected chi connectivity index (χ1v) is 9.32. The van der Waals surface area contributed by atoms with E-state index in [1.165, 1.54) is 16.7 Å². The first kappa shape index (κ1) is 18.8. The van der Waals surface area contributed by atoms with Crippen molar-refractivity contribution in [3.63, 3.8) is 0 Å². The maximum Gasteiger partial charge on any atom is 0.290 e. The number of pyridine rings is 1. The van der Waals surface area contributed by atoms with Crippen molar-refractivity contribution in [3.8, 4) is 0 Å². The van der Waals surface area contributed by atoms with Crippen LogP contribution in [0.4, 0.5) is 5.69 Å². The lowest BCUT2D eigenvalue weighted by Crippen LogP contribution is -2.39. The van der Waals surface area contributed by atoms with E-state index in [9.17, 15) is 4.79 Å². The number of carbonyl (C=O) groups excluding carboxylic acids is 1. The van der Waals surface area contributed by atoms with Crippen LogP contribution in [-0.4, -0.2) is 5.91 Å². The minimum Gasteiger partial charge on any atom is -0.321 e. The predicted octanol–water partition coefficient (Wildman–Crippen LogP) is 4.50. The molecule has 0 radical (unpaired) electrons. The predicted molar refractivity (Wildman–Crippen MR) is 110 cm³/mol. The first-order chi connectivity index (χ1) is 12.9. The zero-order chi connectivity index (χ0) is 19.3. The minimum atomic E-state index is -0.0284. The van der Waals surface area contributed by atoms with Crippen LogP contribution in [0.15, 0.2) is 79.1 Å². The molecule has 1 aromatic heterocycles. The Morgan fingerprint density at radius 1 is 0.852 bits per heavy atom. The molecule has 0 unspecified atom stereocenters. The minimum absolute atomic E-state index is 0.0284. The Hall–Kier alpha value is -2.94. The third-order valence-corrected chi connectivity index (χ3v) is 4.57. The van der Waals surface area contributed by atoms with Crippen molar-refractivity contribution >= 4 is 11.6 Å². The second kappa shape index (κ2) is 8.17. The lowest BCUT2D eigenvalue weighted by molar-refractivity contribution is -0.684. The zero-order valence-electron chi connectivity index (χ0n) is 16.3. The van der Waals surface area contributed by atoms with Gasteiger partial charge in [0.05, 0.1) is 0 Å². The van der Waals surface area contributed by atoms with Gasteiger partial charge in [0.1, 0.15) is 0 Å². The summed E-state index contributed by atoms with van der Waals surface area (Å²) in [6.07, 6.45) is 4.81. The average Bonchev–Trinajstić information content (AvgIpc) is 2.64. The van der Waals surface area contributed by atoms with E-state index < -0.39 is 0 Å². The summed E-state index contributed by atoms with van der Waals surface area (Å²) in [4.78, 5) is 12.3. The van der Waals surface area contributed by atoms with Gasteiger partial charge in [0.15, 0.2) is 12.4 Å². The number of amides is 1. The molecule has 3 rings (SSSR count). The molecule has 0 bridgehead atoms. The molecule has 0 saturated heterocycles. The summed E-state index contributed by atoms with van der Waals surface area (Å²) in [6, 6.07) is 22.6. The van der Waals surface area contributed by atoms with Crippen molar-refractivity contribution in [1.82, 2.24) is 0 Å². The Labute approximate surface area is 161 Å². The Morgan fingerprint density at radius 3 is 2.04 bits per heavy atom. The van der Waals surface area contributed by atoms with Gasteiger partial charge in [-0.05, 0) is 40.7 Å². The van der Waals surface area contributed by atoms with Crippen molar-refractivity contribution in [3.05, 3.63) is 95.8 Å². The molecule has 1 amide bonds. The molecule has 0 aliphatic rings. The lowest BCUT2D eigenvalue weighted by atomic mass is 9.87. The average molecular weight is 359 g/mol. The fraction of sp³-hybridized carbons (Fsp3) is 0.250. The summed E-state index contributed by atoms with van der Waals surface area (Å²) < 4.78 is 1.90. The largest absolute Gasteiger partial charge is 0.321 e. The van der Waals surface area contributed by atoms with Crippen LogP contribution in [0.3, 0.4) is 0 Å². The van der Waals surface area contributed by atoms with Crippen molar-refractivity contribution < 1.29 is 9.36 Å². The second-order valence-corrected chi connectivity index (χ2v) is 7.92. The molecule has 3 nitrogen and oxygen atoms in total. The van der Waals surface area contributed by atoms with Gasteiger partial charge < -0.3 is 5.32 Å². The Kier molecular flexibility index (Phi) is 5.70. The molecular weight excluding hydrogens is 332 g/mol. The van der Waals surface area contributed by atoms with E-state index in [0.29, 0.717) is 6.54 Å². The van der Waals surface area contributed by atoms with Gasteiger partial charge in [0, 0.05) is 17.8 Å². The molecule has 1 heterocycles. The number of carbonyl (C=O) groups is 1. The zero-order valence-corrected chi connectivity index (χ0v) is 16.3. The molecule has 0 spiro atoms. The lowest BCUT2D eigenvalue weighted by Gasteiger charge is -2.19. The van der Waals surface area contributed by atoms with Crippen LogP contribution >= 0.6 is 0 Å². The SMILES string of the molecule is CC(C)(C)c1ccc(NC(=O)C[n+]2ccc(Cc3ccccc3)cc2)cc1. The van der Waals surface area contributed by atoms with Crippen molar-refractivity contribution in [2.75, 3.05) is 5.32 Å². The first-order valence-electron chi connectivity index (χ1n) is 9.32. The van der Waals surface area contributed by atoms with Crippen LogP contribution in [0.2, 0.25) is 0 Å². The van der Waals surface area contributed by atoms with Gasteiger partial charge >= 0.3 is 0 Å². The number of rotatable bonds is 5. The smallest absolute Gasteiger partial charge is 0.290 e. The number of hydrogen-bond acceptors (Lipinski definition) is 1. The summed E-state index contributed by atoms with van der Waals surface area (Å²) in [5, 5.41) is 2.96. The van der Waals surface area contributed by atoms with Gasteiger partial charge in [-0.3, -0.25) is 4.79 Å². The highest BCUT2D eigenvalue weighted by Crippen LogP contribution is 2.23.